The fourth-order valence-corrected chi connectivity index (χ4v) is 7.74. The fourth-order valence-electron chi connectivity index (χ4n) is 4.11. The number of thioether (sulfide) groups is 2. The second kappa shape index (κ2) is 11.0. The van der Waals surface area contributed by atoms with Crippen LogP contribution < -0.4 is 0 Å². The Morgan fingerprint density at radius 3 is 2.56 bits per heavy atom. The Balaban J connectivity index is 1.83. The predicted octanol–water partition coefficient (Wildman–Crippen LogP) is 9.07. The average Bonchev–Trinajstić information content (AvgIpc) is 3.43. The summed E-state index contributed by atoms with van der Waals surface area (Å²) in [7, 11) is 0. The first-order valence-electron chi connectivity index (χ1n) is 10.8. The molecule has 27 heavy (non-hydrogen) atoms. The van der Waals surface area contributed by atoms with Crippen molar-refractivity contribution in [3.63, 3.8) is 0 Å². The monoisotopic (exact) mass is 418 g/mol. The number of hydrogen-bond acceptors (Lipinski definition) is 3. The summed E-state index contributed by atoms with van der Waals surface area (Å²) in [6, 6.07) is 4.60. The summed E-state index contributed by atoms with van der Waals surface area (Å²) in [6.45, 7) is 4.60. The maximum Gasteiger partial charge on any atom is 0.0558 e. The Kier molecular flexibility index (Phi) is 8.67. The van der Waals surface area contributed by atoms with Crippen molar-refractivity contribution in [1.82, 2.24) is 0 Å². The standard InChI is InChI=1S/C24H34S3/c1-3-5-7-9-12-20-14-18-26-22(20)23-24(16-19-27-23,15-10-8-6-4-2)21-13-11-17-25-21/h11,13-14,16-17,19H,3-10,12,15,18H2,1-2H3. The van der Waals surface area contributed by atoms with Gasteiger partial charge >= 0.3 is 0 Å². The van der Waals surface area contributed by atoms with Gasteiger partial charge in [-0.3, -0.25) is 0 Å². The van der Waals surface area contributed by atoms with Crippen molar-refractivity contribution in [3.05, 3.63) is 55.3 Å². The van der Waals surface area contributed by atoms with Crippen LogP contribution in [0, 0.1) is 0 Å². The highest BCUT2D eigenvalue weighted by Gasteiger charge is 2.40. The van der Waals surface area contributed by atoms with Crippen LogP contribution in [0.1, 0.15) is 82.9 Å². The van der Waals surface area contributed by atoms with Crippen molar-refractivity contribution in [2.75, 3.05) is 5.75 Å². The minimum atomic E-state index is 0.141. The number of hydrogen-bond donors (Lipinski definition) is 0. The van der Waals surface area contributed by atoms with Crippen LogP contribution in [-0.2, 0) is 5.41 Å². The van der Waals surface area contributed by atoms with Gasteiger partial charge in [0.05, 0.1) is 5.41 Å². The zero-order chi connectivity index (χ0) is 19.0. The van der Waals surface area contributed by atoms with Crippen LogP contribution in [0.15, 0.2) is 50.5 Å². The molecule has 0 N–H and O–H groups in total. The average molecular weight is 419 g/mol. The molecule has 0 fully saturated rings. The van der Waals surface area contributed by atoms with Gasteiger partial charge in [0.25, 0.3) is 0 Å². The molecule has 0 saturated heterocycles. The summed E-state index contributed by atoms with van der Waals surface area (Å²) in [6.07, 6.45) is 18.3. The van der Waals surface area contributed by atoms with Crippen LogP contribution in [0.4, 0.5) is 0 Å². The molecule has 148 valence electrons. The molecule has 0 spiro atoms. The van der Waals surface area contributed by atoms with Crippen LogP contribution in [0.25, 0.3) is 0 Å². The second-order valence-corrected chi connectivity index (χ2v) is 10.6. The van der Waals surface area contributed by atoms with E-state index in [2.05, 4.69) is 60.7 Å². The fraction of sp³-hybridized carbons (Fsp3) is 0.583. The Morgan fingerprint density at radius 2 is 1.81 bits per heavy atom. The molecule has 1 aromatic heterocycles. The molecule has 0 aromatic carbocycles. The van der Waals surface area contributed by atoms with Gasteiger partial charge in [0.1, 0.15) is 0 Å². The van der Waals surface area contributed by atoms with Crippen molar-refractivity contribution in [1.29, 1.82) is 0 Å². The molecule has 0 amide bonds. The van der Waals surface area contributed by atoms with Gasteiger partial charge in [-0.15, -0.1) is 34.9 Å². The zero-order valence-corrected chi connectivity index (χ0v) is 19.4. The number of allylic oxidation sites excluding steroid dienone is 3. The topological polar surface area (TPSA) is 0 Å². The van der Waals surface area contributed by atoms with Gasteiger partial charge in [-0.05, 0) is 41.7 Å². The molecular formula is C24H34S3. The van der Waals surface area contributed by atoms with E-state index in [1.807, 2.05) is 23.1 Å². The molecule has 0 bridgehead atoms. The minimum Gasteiger partial charge on any atom is -0.148 e. The first-order chi connectivity index (χ1) is 13.3. The summed E-state index contributed by atoms with van der Waals surface area (Å²) in [5.74, 6) is 1.17. The van der Waals surface area contributed by atoms with Crippen LogP contribution in [0.3, 0.4) is 0 Å². The number of unbranched alkanes of at least 4 members (excludes halogenated alkanes) is 6. The van der Waals surface area contributed by atoms with Crippen molar-refractivity contribution < 1.29 is 0 Å². The summed E-state index contributed by atoms with van der Waals surface area (Å²) >= 11 is 6.03. The van der Waals surface area contributed by atoms with Crippen molar-refractivity contribution in [2.45, 2.75) is 83.5 Å². The van der Waals surface area contributed by atoms with E-state index >= 15 is 0 Å². The lowest BCUT2D eigenvalue weighted by molar-refractivity contribution is 0.537. The van der Waals surface area contributed by atoms with E-state index < -0.39 is 0 Å². The third-order valence-electron chi connectivity index (χ3n) is 5.68. The Bertz CT molecular complexity index is 666. The van der Waals surface area contributed by atoms with Gasteiger partial charge in [0.2, 0.25) is 0 Å². The summed E-state index contributed by atoms with van der Waals surface area (Å²) in [5.41, 5.74) is 1.78. The normalized spacial score (nSPS) is 24.7. The first kappa shape index (κ1) is 21.3. The third kappa shape index (κ3) is 5.16. The van der Waals surface area contributed by atoms with E-state index in [4.69, 9.17) is 0 Å². The van der Waals surface area contributed by atoms with E-state index in [0.29, 0.717) is 0 Å². The van der Waals surface area contributed by atoms with E-state index in [1.54, 1.807) is 20.3 Å². The highest BCUT2D eigenvalue weighted by Crippen LogP contribution is 2.56. The Labute approximate surface area is 179 Å². The Hall–Kier alpha value is -0.380. The highest BCUT2D eigenvalue weighted by molar-refractivity contribution is 8.08. The molecule has 1 unspecified atom stereocenters. The smallest absolute Gasteiger partial charge is 0.0558 e. The molecule has 1 atom stereocenters. The largest absolute Gasteiger partial charge is 0.148 e. The summed E-state index contributed by atoms with van der Waals surface area (Å²) in [4.78, 5) is 4.79. The predicted molar refractivity (Wildman–Crippen MR) is 128 cm³/mol. The molecule has 0 nitrogen and oxygen atoms in total. The lowest BCUT2D eigenvalue weighted by Crippen LogP contribution is -2.22. The van der Waals surface area contributed by atoms with Crippen molar-refractivity contribution in [3.8, 4) is 0 Å². The van der Waals surface area contributed by atoms with E-state index in [0.717, 1.165) is 0 Å². The van der Waals surface area contributed by atoms with Crippen LogP contribution in [-0.4, -0.2) is 5.75 Å². The summed E-state index contributed by atoms with van der Waals surface area (Å²) in [5, 5.41) is 4.63. The van der Waals surface area contributed by atoms with Crippen LogP contribution >= 0.6 is 34.9 Å². The lowest BCUT2D eigenvalue weighted by atomic mass is 9.79. The molecule has 0 radical (unpaired) electrons. The van der Waals surface area contributed by atoms with Crippen LogP contribution in [0.5, 0.6) is 0 Å². The Morgan fingerprint density at radius 1 is 1.00 bits per heavy atom. The number of thiophene rings is 1. The van der Waals surface area contributed by atoms with Gasteiger partial charge in [-0.1, -0.05) is 77.0 Å². The molecular weight excluding hydrogens is 384 g/mol. The molecule has 3 heteroatoms. The molecule has 1 aromatic rings. The molecule has 0 saturated carbocycles. The highest BCUT2D eigenvalue weighted by atomic mass is 32.2. The first-order valence-corrected chi connectivity index (χ1v) is 13.5. The molecule has 2 aliphatic rings. The third-order valence-corrected chi connectivity index (χ3v) is 9.03. The lowest BCUT2D eigenvalue weighted by Gasteiger charge is -2.30. The minimum absolute atomic E-state index is 0.141. The van der Waals surface area contributed by atoms with Crippen molar-refractivity contribution in [2.24, 2.45) is 0 Å². The van der Waals surface area contributed by atoms with E-state index in [9.17, 15) is 0 Å². The van der Waals surface area contributed by atoms with Gasteiger partial charge in [0, 0.05) is 20.4 Å². The van der Waals surface area contributed by atoms with E-state index in [-0.39, 0.29) is 5.41 Å². The maximum atomic E-state index is 2.52. The van der Waals surface area contributed by atoms with Crippen LogP contribution in [0.2, 0.25) is 0 Å². The quantitative estimate of drug-likeness (QED) is 0.329. The molecule has 0 aliphatic carbocycles. The second-order valence-electron chi connectivity index (χ2n) is 7.69. The molecule has 3 heterocycles. The zero-order valence-electron chi connectivity index (χ0n) is 17.0. The summed E-state index contributed by atoms with van der Waals surface area (Å²) < 4.78 is 0. The number of rotatable bonds is 11. The van der Waals surface area contributed by atoms with E-state index in [1.165, 1.54) is 70.0 Å². The van der Waals surface area contributed by atoms with Gasteiger partial charge < -0.3 is 0 Å². The molecule has 2 aliphatic heterocycles. The maximum absolute atomic E-state index is 2.52. The van der Waals surface area contributed by atoms with Gasteiger partial charge in [-0.2, -0.15) is 0 Å². The SMILES string of the molecule is CCCCCCC1=CCSC1=C1SC=CC1(CCCCCC)c1cccs1. The van der Waals surface area contributed by atoms with Gasteiger partial charge in [-0.25, -0.2) is 0 Å². The van der Waals surface area contributed by atoms with Crippen molar-refractivity contribution >= 4 is 34.9 Å². The molecule has 3 rings (SSSR count). The van der Waals surface area contributed by atoms with Gasteiger partial charge in [0.15, 0.2) is 0 Å².